The SMILES string of the molecule is COc1cc2c(cc1OC)C(c1ccccc1)=[N+](c1ccccc1)CC2. The van der Waals surface area contributed by atoms with Gasteiger partial charge in [0.15, 0.2) is 18.0 Å². The molecule has 0 unspecified atom stereocenters. The fraction of sp³-hybridized carbons (Fsp3) is 0.174. The first-order valence-electron chi connectivity index (χ1n) is 8.82. The molecule has 0 bridgehead atoms. The summed E-state index contributed by atoms with van der Waals surface area (Å²) in [6, 6.07) is 25.3. The number of rotatable bonds is 4. The van der Waals surface area contributed by atoms with Gasteiger partial charge in [-0.3, -0.25) is 0 Å². The van der Waals surface area contributed by atoms with Crippen molar-refractivity contribution in [2.75, 3.05) is 20.8 Å². The van der Waals surface area contributed by atoms with Crippen molar-refractivity contribution in [2.45, 2.75) is 6.42 Å². The molecule has 0 spiro atoms. The molecule has 0 N–H and O–H groups in total. The Labute approximate surface area is 154 Å². The number of benzene rings is 3. The summed E-state index contributed by atoms with van der Waals surface area (Å²) in [5.41, 5.74) is 6.09. The van der Waals surface area contributed by atoms with Gasteiger partial charge in [0.25, 0.3) is 0 Å². The van der Waals surface area contributed by atoms with E-state index in [0.29, 0.717) is 0 Å². The number of para-hydroxylation sites is 1. The van der Waals surface area contributed by atoms with Gasteiger partial charge >= 0.3 is 0 Å². The second kappa shape index (κ2) is 7.04. The van der Waals surface area contributed by atoms with E-state index in [9.17, 15) is 0 Å². The highest BCUT2D eigenvalue weighted by molar-refractivity contribution is 6.11. The molecule has 3 heteroatoms. The Morgan fingerprint density at radius 1 is 0.769 bits per heavy atom. The summed E-state index contributed by atoms with van der Waals surface area (Å²) in [5.74, 6) is 1.54. The summed E-state index contributed by atoms with van der Waals surface area (Å²) < 4.78 is 13.5. The summed E-state index contributed by atoms with van der Waals surface area (Å²) in [6.45, 7) is 0.927. The number of ether oxygens (including phenoxy) is 2. The molecule has 1 aliphatic rings. The van der Waals surface area contributed by atoms with E-state index in [1.165, 1.54) is 28.1 Å². The van der Waals surface area contributed by atoms with Crippen LogP contribution in [0.5, 0.6) is 11.5 Å². The molecule has 0 radical (unpaired) electrons. The number of hydrogen-bond donors (Lipinski definition) is 0. The van der Waals surface area contributed by atoms with Crippen LogP contribution in [0, 0.1) is 0 Å². The lowest BCUT2D eigenvalue weighted by Gasteiger charge is -2.20. The minimum Gasteiger partial charge on any atom is -0.493 e. The second-order valence-corrected chi connectivity index (χ2v) is 6.32. The van der Waals surface area contributed by atoms with E-state index in [0.717, 1.165) is 24.5 Å². The summed E-state index contributed by atoms with van der Waals surface area (Å²) in [6.07, 6.45) is 0.959. The summed E-state index contributed by atoms with van der Waals surface area (Å²) in [7, 11) is 3.37. The van der Waals surface area contributed by atoms with Crippen molar-refractivity contribution in [3.8, 4) is 11.5 Å². The molecule has 0 saturated carbocycles. The van der Waals surface area contributed by atoms with E-state index < -0.39 is 0 Å². The maximum absolute atomic E-state index is 5.57. The van der Waals surface area contributed by atoms with Crippen molar-refractivity contribution < 1.29 is 14.0 Å². The summed E-state index contributed by atoms with van der Waals surface area (Å²) in [5, 5.41) is 0. The van der Waals surface area contributed by atoms with Gasteiger partial charge in [-0.2, -0.15) is 4.58 Å². The zero-order chi connectivity index (χ0) is 17.9. The van der Waals surface area contributed by atoms with Crippen LogP contribution in [-0.4, -0.2) is 31.1 Å². The lowest BCUT2D eigenvalue weighted by atomic mass is 9.91. The minimum absolute atomic E-state index is 0.759. The Bertz CT molecular complexity index is 947. The summed E-state index contributed by atoms with van der Waals surface area (Å²) in [4.78, 5) is 0. The van der Waals surface area contributed by atoms with Gasteiger partial charge in [-0.1, -0.05) is 36.4 Å². The lowest BCUT2D eigenvalue weighted by Crippen LogP contribution is -2.28. The third kappa shape index (κ3) is 2.86. The Morgan fingerprint density at radius 3 is 2.04 bits per heavy atom. The summed E-state index contributed by atoms with van der Waals surface area (Å²) >= 11 is 0. The predicted octanol–water partition coefficient (Wildman–Crippen LogP) is 4.44. The number of fused-ring (bicyclic) bond motifs is 1. The molecule has 3 aromatic rings. The molecule has 4 rings (SSSR count). The highest BCUT2D eigenvalue weighted by Gasteiger charge is 2.30. The Balaban J connectivity index is 2.00. The molecule has 1 heterocycles. The number of methoxy groups -OCH3 is 2. The van der Waals surface area contributed by atoms with Gasteiger partial charge in [-0.25, -0.2) is 0 Å². The van der Waals surface area contributed by atoms with Crippen molar-refractivity contribution in [1.29, 1.82) is 0 Å². The van der Waals surface area contributed by atoms with Crippen LogP contribution >= 0.6 is 0 Å². The van der Waals surface area contributed by atoms with Gasteiger partial charge in [-0.15, -0.1) is 0 Å². The molecule has 130 valence electrons. The third-order valence-corrected chi connectivity index (χ3v) is 4.85. The molecular formula is C23H22NO2+. The van der Waals surface area contributed by atoms with Crippen LogP contribution in [0.4, 0.5) is 5.69 Å². The van der Waals surface area contributed by atoms with Crippen molar-refractivity contribution in [3.05, 3.63) is 89.5 Å². The van der Waals surface area contributed by atoms with Crippen LogP contribution in [0.15, 0.2) is 72.8 Å². The maximum atomic E-state index is 5.57. The van der Waals surface area contributed by atoms with Crippen LogP contribution < -0.4 is 9.47 Å². The van der Waals surface area contributed by atoms with E-state index in [1.807, 2.05) is 0 Å². The third-order valence-electron chi connectivity index (χ3n) is 4.85. The first-order valence-corrected chi connectivity index (χ1v) is 8.82. The minimum atomic E-state index is 0.759. The molecule has 0 aromatic heterocycles. The molecule has 0 atom stereocenters. The van der Waals surface area contributed by atoms with E-state index >= 15 is 0 Å². The normalized spacial score (nSPS) is 13.3. The molecule has 1 aliphatic heterocycles. The number of nitrogens with zero attached hydrogens (tertiary/aromatic N) is 1. The lowest BCUT2D eigenvalue weighted by molar-refractivity contribution is -0.440. The van der Waals surface area contributed by atoms with Gasteiger partial charge < -0.3 is 9.47 Å². The zero-order valence-electron chi connectivity index (χ0n) is 15.1. The zero-order valence-corrected chi connectivity index (χ0v) is 15.1. The van der Waals surface area contributed by atoms with Crippen molar-refractivity contribution in [1.82, 2.24) is 0 Å². The Hall–Kier alpha value is -3.07. The van der Waals surface area contributed by atoms with E-state index in [4.69, 9.17) is 9.47 Å². The van der Waals surface area contributed by atoms with Crippen LogP contribution in [0.2, 0.25) is 0 Å². The quantitative estimate of drug-likeness (QED) is 0.653. The molecule has 26 heavy (non-hydrogen) atoms. The molecule has 3 aromatic carbocycles. The molecule has 3 nitrogen and oxygen atoms in total. The monoisotopic (exact) mass is 344 g/mol. The average Bonchev–Trinajstić information content (AvgIpc) is 2.73. The standard InChI is InChI=1S/C23H22NO2/c1-25-21-15-18-13-14-24(19-11-7-4-8-12-19)23(17-9-5-3-6-10-17)20(18)16-22(21)26-2/h3-12,15-16H,13-14H2,1-2H3/q+1. The van der Waals surface area contributed by atoms with E-state index in [-0.39, 0.29) is 0 Å². The molecule has 0 fully saturated rings. The first-order chi connectivity index (χ1) is 12.8. The van der Waals surface area contributed by atoms with Crippen LogP contribution in [0.25, 0.3) is 0 Å². The fourth-order valence-corrected chi connectivity index (χ4v) is 3.61. The second-order valence-electron chi connectivity index (χ2n) is 6.32. The highest BCUT2D eigenvalue weighted by Crippen LogP contribution is 2.34. The smallest absolute Gasteiger partial charge is 0.220 e. The van der Waals surface area contributed by atoms with Gasteiger partial charge in [0.2, 0.25) is 11.4 Å². The van der Waals surface area contributed by atoms with E-state index in [2.05, 4.69) is 77.4 Å². The average molecular weight is 344 g/mol. The maximum Gasteiger partial charge on any atom is 0.220 e. The van der Waals surface area contributed by atoms with Crippen LogP contribution in [0.1, 0.15) is 16.7 Å². The van der Waals surface area contributed by atoms with Gasteiger partial charge in [0.1, 0.15) is 0 Å². The molecule has 0 amide bonds. The van der Waals surface area contributed by atoms with Crippen molar-refractivity contribution in [3.63, 3.8) is 0 Å². The van der Waals surface area contributed by atoms with Crippen molar-refractivity contribution in [2.24, 2.45) is 0 Å². The Morgan fingerprint density at radius 2 is 1.38 bits per heavy atom. The first kappa shape index (κ1) is 16.4. The van der Waals surface area contributed by atoms with Crippen LogP contribution in [0.3, 0.4) is 0 Å². The fourth-order valence-electron chi connectivity index (χ4n) is 3.61. The topological polar surface area (TPSA) is 21.5 Å². The van der Waals surface area contributed by atoms with E-state index in [1.54, 1.807) is 14.2 Å². The number of hydrogen-bond acceptors (Lipinski definition) is 2. The van der Waals surface area contributed by atoms with Crippen molar-refractivity contribution >= 4 is 11.4 Å². The molecular weight excluding hydrogens is 322 g/mol. The van der Waals surface area contributed by atoms with Crippen LogP contribution in [-0.2, 0) is 6.42 Å². The molecule has 0 aliphatic carbocycles. The van der Waals surface area contributed by atoms with Gasteiger partial charge in [0.05, 0.1) is 19.8 Å². The predicted molar refractivity (Wildman–Crippen MR) is 104 cm³/mol. The van der Waals surface area contributed by atoms with Gasteiger partial charge in [0, 0.05) is 24.1 Å². The highest BCUT2D eigenvalue weighted by atomic mass is 16.5. The Kier molecular flexibility index (Phi) is 4.44. The van der Waals surface area contributed by atoms with Gasteiger partial charge in [-0.05, 0) is 29.8 Å². The molecule has 0 saturated heterocycles. The largest absolute Gasteiger partial charge is 0.493 e.